The molecule has 0 unspecified atom stereocenters. The molecule has 0 aromatic heterocycles. The number of benzene rings is 1. The van der Waals surface area contributed by atoms with Gasteiger partial charge in [0.2, 0.25) is 6.79 Å². The smallest absolute Gasteiger partial charge is 0.266 e. The molecule has 4 rings (SSSR count). The number of rotatable bonds is 4. The van der Waals surface area contributed by atoms with Crippen molar-refractivity contribution in [3.05, 3.63) is 35.5 Å². The van der Waals surface area contributed by atoms with Gasteiger partial charge in [-0.05, 0) is 17.7 Å². The van der Waals surface area contributed by atoms with Crippen molar-refractivity contribution >= 4 is 5.91 Å². The summed E-state index contributed by atoms with van der Waals surface area (Å²) in [5.41, 5.74) is 1.39. The van der Waals surface area contributed by atoms with Gasteiger partial charge >= 0.3 is 0 Å². The molecule has 0 N–H and O–H groups in total. The van der Waals surface area contributed by atoms with Gasteiger partial charge < -0.3 is 24.0 Å². The summed E-state index contributed by atoms with van der Waals surface area (Å²) in [7, 11) is 0. The Morgan fingerprint density at radius 3 is 2.57 bits per heavy atom. The third-order valence-corrected chi connectivity index (χ3v) is 5.21. The number of hydrogen-bond donors (Lipinski definition) is 0. The van der Waals surface area contributed by atoms with Crippen molar-refractivity contribution in [3.63, 3.8) is 0 Å². The number of ether oxygens (including phenoxy) is 3. The summed E-state index contributed by atoms with van der Waals surface area (Å²) in [5.74, 6) is 1.40. The van der Waals surface area contributed by atoms with E-state index >= 15 is 0 Å². The molecule has 0 aliphatic carbocycles. The van der Waals surface area contributed by atoms with Gasteiger partial charge in [0.1, 0.15) is 11.6 Å². The fourth-order valence-electron chi connectivity index (χ4n) is 3.60. The predicted molar refractivity (Wildman–Crippen MR) is 101 cm³/mol. The van der Waals surface area contributed by atoms with Gasteiger partial charge in [0.15, 0.2) is 11.5 Å². The molecule has 28 heavy (non-hydrogen) atoms. The molecule has 3 aliphatic heterocycles. The number of hydrogen-bond acceptors (Lipinski definition) is 7. The van der Waals surface area contributed by atoms with Gasteiger partial charge in [0.25, 0.3) is 5.91 Å². The molecule has 0 saturated carbocycles. The van der Waals surface area contributed by atoms with Crippen LogP contribution in [-0.2, 0) is 16.1 Å². The van der Waals surface area contributed by atoms with Gasteiger partial charge in [-0.15, -0.1) is 0 Å². The maximum absolute atomic E-state index is 12.5. The zero-order chi connectivity index (χ0) is 19.3. The Balaban J connectivity index is 1.31. The summed E-state index contributed by atoms with van der Waals surface area (Å²) in [6, 6.07) is 8.12. The standard InChI is InChI=1S/C20H24N4O4/c21-12-17(20(25)24-7-9-26-10-8-24)14-23-5-3-22(4-6-23)13-16-1-2-18-19(11-16)28-15-27-18/h1-2,11,14H,3-10,13,15H2/b17-14-. The zero-order valence-corrected chi connectivity index (χ0v) is 15.8. The number of morpholine rings is 1. The van der Waals surface area contributed by atoms with Crippen LogP contribution in [0.3, 0.4) is 0 Å². The van der Waals surface area contributed by atoms with E-state index in [1.54, 1.807) is 11.1 Å². The quantitative estimate of drug-likeness (QED) is 0.561. The second kappa shape index (κ2) is 8.50. The molecule has 2 fully saturated rings. The van der Waals surface area contributed by atoms with E-state index in [4.69, 9.17) is 14.2 Å². The third-order valence-electron chi connectivity index (χ3n) is 5.21. The van der Waals surface area contributed by atoms with Crippen LogP contribution in [0.15, 0.2) is 30.0 Å². The molecule has 1 aromatic carbocycles. The van der Waals surface area contributed by atoms with E-state index in [0.717, 1.165) is 44.2 Å². The lowest BCUT2D eigenvalue weighted by molar-refractivity contribution is -0.130. The van der Waals surface area contributed by atoms with Crippen LogP contribution >= 0.6 is 0 Å². The topological polar surface area (TPSA) is 78.3 Å². The molecule has 8 nitrogen and oxygen atoms in total. The van der Waals surface area contributed by atoms with Crippen molar-refractivity contribution in [2.75, 3.05) is 59.3 Å². The maximum atomic E-state index is 12.5. The van der Waals surface area contributed by atoms with Gasteiger partial charge in [-0.25, -0.2) is 0 Å². The van der Waals surface area contributed by atoms with Crippen molar-refractivity contribution in [1.29, 1.82) is 5.26 Å². The number of carbonyl (C=O) groups is 1. The van der Waals surface area contributed by atoms with Crippen molar-refractivity contribution in [3.8, 4) is 17.6 Å². The lowest BCUT2D eigenvalue weighted by Gasteiger charge is -2.34. The van der Waals surface area contributed by atoms with Gasteiger partial charge in [-0.2, -0.15) is 5.26 Å². The van der Waals surface area contributed by atoms with Gasteiger partial charge in [0, 0.05) is 52.0 Å². The Morgan fingerprint density at radius 1 is 1.07 bits per heavy atom. The Labute approximate surface area is 164 Å². The highest BCUT2D eigenvalue weighted by Crippen LogP contribution is 2.32. The number of fused-ring (bicyclic) bond motifs is 1. The molecule has 0 spiro atoms. The summed E-state index contributed by atoms with van der Waals surface area (Å²) < 4.78 is 16.1. The van der Waals surface area contributed by atoms with Crippen LogP contribution < -0.4 is 9.47 Å². The fourth-order valence-corrected chi connectivity index (χ4v) is 3.60. The highest BCUT2D eigenvalue weighted by Gasteiger charge is 2.23. The number of nitriles is 1. The molecule has 2 saturated heterocycles. The lowest BCUT2D eigenvalue weighted by atomic mass is 10.1. The van der Waals surface area contributed by atoms with E-state index in [1.165, 1.54) is 5.56 Å². The van der Waals surface area contributed by atoms with E-state index in [1.807, 2.05) is 12.1 Å². The van der Waals surface area contributed by atoms with E-state index in [2.05, 4.69) is 21.9 Å². The van der Waals surface area contributed by atoms with Crippen molar-refractivity contribution < 1.29 is 19.0 Å². The Bertz CT molecular complexity index is 790. The Hall–Kier alpha value is -2.76. The summed E-state index contributed by atoms with van der Waals surface area (Å²) in [6.45, 7) is 6.58. The Morgan fingerprint density at radius 2 is 1.82 bits per heavy atom. The molecule has 1 aromatic rings. The first-order valence-corrected chi connectivity index (χ1v) is 9.57. The summed E-state index contributed by atoms with van der Waals surface area (Å²) in [6.07, 6.45) is 1.72. The molecule has 3 aliphatic rings. The molecule has 0 radical (unpaired) electrons. The highest BCUT2D eigenvalue weighted by molar-refractivity contribution is 5.97. The van der Waals surface area contributed by atoms with Crippen LogP contribution in [-0.4, -0.2) is 79.9 Å². The second-order valence-corrected chi connectivity index (χ2v) is 7.06. The van der Waals surface area contributed by atoms with Crippen LogP contribution in [0.4, 0.5) is 0 Å². The molecular formula is C20H24N4O4. The molecule has 3 heterocycles. The molecule has 0 atom stereocenters. The number of amides is 1. The molecular weight excluding hydrogens is 360 g/mol. The maximum Gasteiger partial charge on any atom is 0.266 e. The molecule has 1 amide bonds. The molecule has 8 heteroatoms. The molecule has 0 bridgehead atoms. The first-order chi connectivity index (χ1) is 13.7. The van der Waals surface area contributed by atoms with Crippen molar-refractivity contribution in [1.82, 2.24) is 14.7 Å². The third kappa shape index (κ3) is 4.21. The van der Waals surface area contributed by atoms with Gasteiger partial charge in [-0.1, -0.05) is 6.07 Å². The van der Waals surface area contributed by atoms with Crippen LogP contribution in [0.1, 0.15) is 5.56 Å². The van der Waals surface area contributed by atoms with E-state index in [9.17, 15) is 10.1 Å². The minimum atomic E-state index is -0.200. The van der Waals surface area contributed by atoms with Crippen LogP contribution in [0.25, 0.3) is 0 Å². The number of nitrogens with zero attached hydrogens (tertiary/aromatic N) is 4. The van der Waals surface area contributed by atoms with E-state index in [0.29, 0.717) is 26.3 Å². The predicted octanol–water partition coefficient (Wildman–Crippen LogP) is 0.799. The van der Waals surface area contributed by atoms with Crippen molar-refractivity contribution in [2.24, 2.45) is 0 Å². The fraction of sp³-hybridized carbons (Fsp3) is 0.500. The highest BCUT2D eigenvalue weighted by atomic mass is 16.7. The SMILES string of the molecule is N#C/C(=C/N1CCN(Cc2ccc3c(c2)OCO3)CC1)C(=O)N1CCOCC1. The van der Waals surface area contributed by atoms with Crippen LogP contribution in [0, 0.1) is 11.3 Å². The van der Waals surface area contributed by atoms with E-state index in [-0.39, 0.29) is 18.3 Å². The lowest BCUT2D eigenvalue weighted by Crippen LogP contribution is -2.44. The Kier molecular flexibility index (Phi) is 5.65. The second-order valence-electron chi connectivity index (χ2n) is 7.06. The first-order valence-electron chi connectivity index (χ1n) is 9.57. The van der Waals surface area contributed by atoms with Crippen LogP contribution in [0.2, 0.25) is 0 Å². The molecule has 148 valence electrons. The number of carbonyl (C=O) groups excluding carboxylic acids is 1. The van der Waals surface area contributed by atoms with Gasteiger partial charge in [0.05, 0.1) is 13.2 Å². The van der Waals surface area contributed by atoms with Gasteiger partial charge in [-0.3, -0.25) is 9.69 Å². The number of piperazine rings is 1. The largest absolute Gasteiger partial charge is 0.454 e. The zero-order valence-electron chi connectivity index (χ0n) is 15.8. The monoisotopic (exact) mass is 384 g/mol. The average molecular weight is 384 g/mol. The van der Waals surface area contributed by atoms with Crippen LogP contribution in [0.5, 0.6) is 11.5 Å². The van der Waals surface area contributed by atoms with E-state index < -0.39 is 0 Å². The minimum Gasteiger partial charge on any atom is -0.454 e. The normalized spacial score (nSPS) is 20.2. The summed E-state index contributed by atoms with van der Waals surface area (Å²) in [4.78, 5) is 18.6. The first kappa shape index (κ1) is 18.6. The average Bonchev–Trinajstić information content (AvgIpc) is 3.21. The van der Waals surface area contributed by atoms with Crippen molar-refractivity contribution in [2.45, 2.75) is 6.54 Å². The minimum absolute atomic E-state index is 0.200. The summed E-state index contributed by atoms with van der Waals surface area (Å²) in [5, 5.41) is 9.43. The summed E-state index contributed by atoms with van der Waals surface area (Å²) >= 11 is 0.